The Bertz CT molecular complexity index is 480. The van der Waals surface area contributed by atoms with Crippen molar-refractivity contribution in [2.24, 2.45) is 0 Å². The van der Waals surface area contributed by atoms with E-state index in [1.165, 1.54) is 20.4 Å². The van der Waals surface area contributed by atoms with Gasteiger partial charge < -0.3 is 5.32 Å². The summed E-state index contributed by atoms with van der Waals surface area (Å²) >= 11 is 5.66. The van der Waals surface area contributed by atoms with E-state index in [0.717, 1.165) is 11.5 Å². The fraction of sp³-hybridized carbons (Fsp3) is 0.286. The summed E-state index contributed by atoms with van der Waals surface area (Å²) in [6.07, 6.45) is 0. The predicted octanol–water partition coefficient (Wildman–Crippen LogP) is 5.19. The second-order valence-electron chi connectivity index (χ2n) is 3.68. The zero-order valence-electron chi connectivity index (χ0n) is 10.6. The highest BCUT2D eigenvalue weighted by atomic mass is 32.2. The lowest BCUT2D eigenvalue weighted by Gasteiger charge is -2.12. The summed E-state index contributed by atoms with van der Waals surface area (Å²) in [4.78, 5) is 4.18. The molecule has 0 fully saturated rings. The minimum atomic E-state index is 1.05. The molecule has 0 aliphatic rings. The third-order valence-electron chi connectivity index (χ3n) is 2.49. The first-order valence-corrected chi connectivity index (χ1v) is 8.79. The van der Waals surface area contributed by atoms with Gasteiger partial charge in [-0.15, -0.1) is 34.9 Å². The molecule has 0 radical (unpaired) electrons. The van der Waals surface area contributed by atoms with Gasteiger partial charge in [0.15, 0.2) is 0 Å². The van der Waals surface area contributed by atoms with E-state index >= 15 is 0 Å². The molecule has 4 heteroatoms. The fourth-order valence-corrected chi connectivity index (χ4v) is 4.61. The summed E-state index contributed by atoms with van der Waals surface area (Å²) in [6.45, 7) is 2.20. The third kappa shape index (κ3) is 3.46. The van der Waals surface area contributed by atoms with Crippen LogP contribution in [0.4, 0.5) is 5.69 Å². The molecule has 1 N–H and O–H groups in total. The smallest absolute Gasteiger partial charge is 0.0487 e. The largest absolute Gasteiger partial charge is 0.387 e. The van der Waals surface area contributed by atoms with E-state index in [4.69, 9.17) is 0 Å². The molecule has 0 aliphatic carbocycles. The molecule has 2 aromatic rings. The van der Waals surface area contributed by atoms with Crippen molar-refractivity contribution in [1.82, 2.24) is 0 Å². The van der Waals surface area contributed by atoms with Crippen LogP contribution in [0.5, 0.6) is 0 Å². The van der Waals surface area contributed by atoms with E-state index in [-0.39, 0.29) is 0 Å². The van der Waals surface area contributed by atoms with Gasteiger partial charge in [0.05, 0.1) is 0 Å². The molecule has 2 rings (SSSR count). The van der Waals surface area contributed by atoms with Crippen molar-refractivity contribution in [2.45, 2.75) is 22.5 Å². The van der Waals surface area contributed by atoms with Crippen LogP contribution in [0.1, 0.15) is 11.8 Å². The van der Waals surface area contributed by atoms with Gasteiger partial charge in [0.2, 0.25) is 0 Å². The van der Waals surface area contributed by atoms with Crippen LogP contribution >= 0.6 is 34.9 Å². The van der Waals surface area contributed by atoms with Crippen molar-refractivity contribution in [3.8, 4) is 0 Å². The quantitative estimate of drug-likeness (QED) is 0.736. The SMILES string of the molecule is CCSc1cccc(NC)c1SCc1cccs1. The van der Waals surface area contributed by atoms with Crippen LogP contribution in [0.25, 0.3) is 0 Å². The Balaban J connectivity index is 2.18. The summed E-state index contributed by atoms with van der Waals surface area (Å²) in [7, 11) is 1.99. The van der Waals surface area contributed by atoms with Crippen molar-refractivity contribution in [3.05, 3.63) is 40.6 Å². The van der Waals surface area contributed by atoms with Crippen LogP contribution < -0.4 is 5.32 Å². The summed E-state index contributed by atoms with van der Waals surface area (Å²) in [5.41, 5.74) is 1.23. The normalized spacial score (nSPS) is 10.6. The molecule has 0 spiro atoms. The van der Waals surface area contributed by atoms with E-state index < -0.39 is 0 Å². The highest BCUT2D eigenvalue weighted by molar-refractivity contribution is 8.02. The number of rotatable bonds is 6. The summed E-state index contributed by atoms with van der Waals surface area (Å²) in [5, 5.41) is 5.43. The molecule has 0 saturated heterocycles. The topological polar surface area (TPSA) is 12.0 Å². The van der Waals surface area contributed by atoms with E-state index in [9.17, 15) is 0 Å². The van der Waals surface area contributed by atoms with Crippen molar-refractivity contribution in [3.63, 3.8) is 0 Å². The van der Waals surface area contributed by atoms with Crippen LogP contribution in [0, 0.1) is 0 Å². The van der Waals surface area contributed by atoms with Gasteiger partial charge in [0.1, 0.15) is 0 Å². The lowest BCUT2D eigenvalue weighted by molar-refractivity contribution is 1.22. The lowest BCUT2D eigenvalue weighted by atomic mass is 10.3. The van der Waals surface area contributed by atoms with Crippen molar-refractivity contribution < 1.29 is 0 Å². The Hall–Kier alpha value is -0.580. The molecule has 18 heavy (non-hydrogen) atoms. The number of thioether (sulfide) groups is 2. The Kier molecular flexibility index (Phi) is 5.47. The Morgan fingerprint density at radius 3 is 2.72 bits per heavy atom. The monoisotopic (exact) mass is 295 g/mol. The van der Waals surface area contributed by atoms with E-state index in [1.54, 1.807) is 0 Å². The third-order valence-corrected chi connectivity index (χ3v) is 5.80. The molecular formula is C14H17NS3. The molecule has 1 heterocycles. The summed E-state index contributed by atoms with van der Waals surface area (Å²) < 4.78 is 0. The fourth-order valence-electron chi connectivity index (χ4n) is 1.67. The standard InChI is InChI=1S/C14H17NS3/c1-3-16-13-8-4-7-12(15-2)14(13)18-10-11-6-5-9-17-11/h4-9,15H,3,10H2,1-2H3. The van der Waals surface area contributed by atoms with Gasteiger partial charge in [0.25, 0.3) is 0 Å². The number of thiophene rings is 1. The van der Waals surface area contributed by atoms with Gasteiger partial charge in [-0.2, -0.15) is 0 Å². The molecule has 0 amide bonds. The molecule has 0 bridgehead atoms. The van der Waals surface area contributed by atoms with E-state index in [2.05, 4.69) is 48.0 Å². The second kappa shape index (κ2) is 7.12. The minimum absolute atomic E-state index is 1.05. The first-order valence-electron chi connectivity index (χ1n) is 5.94. The maximum atomic E-state index is 3.29. The molecule has 0 atom stereocenters. The Morgan fingerprint density at radius 1 is 1.17 bits per heavy atom. The average molecular weight is 295 g/mol. The second-order valence-corrected chi connectivity index (χ2v) is 7.01. The predicted molar refractivity (Wildman–Crippen MR) is 86.3 cm³/mol. The van der Waals surface area contributed by atoms with Crippen LogP contribution in [0.15, 0.2) is 45.5 Å². The van der Waals surface area contributed by atoms with Crippen LogP contribution in [0.3, 0.4) is 0 Å². The average Bonchev–Trinajstić information content (AvgIpc) is 2.90. The van der Waals surface area contributed by atoms with Gasteiger partial charge in [-0.3, -0.25) is 0 Å². The van der Waals surface area contributed by atoms with Crippen LogP contribution in [-0.2, 0) is 5.75 Å². The highest BCUT2D eigenvalue weighted by Gasteiger charge is 2.08. The van der Waals surface area contributed by atoms with Crippen molar-refractivity contribution >= 4 is 40.5 Å². The molecule has 96 valence electrons. The van der Waals surface area contributed by atoms with Gasteiger partial charge in [-0.05, 0) is 29.3 Å². The van der Waals surface area contributed by atoms with Gasteiger partial charge in [-0.25, -0.2) is 0 Å². The number of anilines is 1. The van der Waals surface area contributed by atoms with Crippen LogP contribution in [0.2, 0.25) is 0 Å². The zero-order chi connectivity index (χ0) is 12.8. The molecule has 1 aromatic carbocycles. The maximum Gasteiger partial charge on any atom is 0.0487 e. The number of hydrogen-bond acceptors (Lipinski definition) is 4. The van der Waals surface area contributed by atoms with Gasteiger partial charge in [0, 0.05) is 33.2 Å². The van der Waals surface area contributed by atoms with Crippen molar-refractivity contribution in [1.29, 1.82) is 0 Å². The lowest BCUT2D eigenvalue weighted by Crippen LogP contribution is -1.92. The van der Waals surface area contributed by atoms with E-state index in [1.807, 2.05) is 41.9 Å². The molecule has 0 saturated carbocycles. The molecule has 1 aromatic heterocycles. The summed E-state index contributed by atoms with van der Waals surface area (Å²) in [6, 6.07) is 10.8. The van der Waals surface area contributed by atoms with E-state index in [0.29, 0.717) is 0 Å². The first kappa shape index (κ1) is 13.8. The summed E-state index contributed by atoms with van der Waals surface area (Å²) in [5.74, 6) is 2.16. The number of hydrogen-bond donors (Lipinski definition) is 1. The molecular weight excluding hydrogens is 278 g/mol. The van der Waals surface area contributed by atoms with Gasteiger partial charge >= 0.3 is 0 Å². The minimum Gasteiger partial charge on any atom is -0.387 e. The van der Waals surface area contributed by atoms with Crippen molar-refractivity contribution in [2.75, 3.05) is 18.1 Å². The van der Waals surface area contributed by atoms with Gasteiger partial charge in [-0.1, -0.05) is 19.1 Å². The molecule has 1 nitrogen and oxygen atoms in total. The number of benzene rings is 1. The van der Waals surface area contributed by atoms with Crippen LogP contribution in [-0.4, -0.2) is 12.8 Å². The molecule has 0 unspecified atom stereocenters. The Labute approximate surface area is 121 Å². The first-order chi connectivity index (χ1) is 8.85. The highest BCUT2D eigenvalue weighted by Crippen LogP contribution is 2.38. The zero-order valence-corrected chi connectivity index (χ0v) is 13.1. The Morgan fingerprint density at radius 2 is 2.06 bits per heavy atom. The maximum absolute atomic E-state index is 3.29. The molecule has 0 aliphatic heterocycles. The number of nitrogens with one attached hydrogen (secondary N) is 1.